The van der Waals surface area contributed by atoms with Gasteiger partial charge in [0.2, 0.25) is 5.91 Å². The summed E-state index contributed by atoms with van der Waals surface area (Å²) < 4.78 is 4.72. The van der Waals surface area contributed by atoms with Crippen LogP contribution in [0.3, 0.4) is 0 Å². The van der Waals surface area contributed by atoms with Gasteiger partial charge in [-0.05, 0) is 42.9 Å². The molecular weight excluding hydrogens is 404 g/mol. The van der Waals surface area contributed by atoms with Crippen LogP contribution in [-0.4, -0.2) is 80.8 Å². The van der Waals surface area contributed by atoms with Crippen molar-refractivity contribution >= 4 is 29.5 Å². The van der Waals surface area contributed by atoms with Gasteiger partial charge in [-0.2, -0.15) is 5.10 Å². The lowest BCUT2D eigenvalue weighted by molar-refractivity contribution is -0.133. The molecule has 2 fully saturated rings. The summed E-state index contributed by atoms with van der Waals surface area (Å²) in [5, 5.41) is 6.87. The highest BCUT2D eigenvalue weighted by Crippen LogP contribution is 2.15. The molecule has 158 valence electrons. The Morgan fingerprint density at radius 2 is 1.83 bits per heavy atom. The third kappa shape index (κ3) is 5.14. The molecule has 0 N–H and O–H groups in total. The number of likely N-dealkylation sites (tertiary alicyclic amines) is 1. The number of rotatable bonds is 6. The van der Waals surface area contributed by atoms with Crippen molar-refractivity contribution in [2.24, 2.45) is 7.05 Å². The third-order valence-corrected chi connectivity index (χ3v) is 7.27. The first-order valence-corrected chi connectivity index (χ1v) is 11.8. The Balaban J connectivity index is 1.28. The van der Waals surface area contributed by atoms with Gasteiger partial charge in [-0.3, -0.25) is 14.6 Å². The van der Waals surface area contributed by atoms with Gasteiger partial charge >= 0.3 is 0 Å². The number of carbonyl (C=O) groups is 1. The van der Waals surface area contributed by atoms with Gasteiger partial charge in [-0.1, -0.05) is 6.07 Å². The van der Waals surface area contributed by atoms with E-state index in [-0.39, 0.29) is 0 Å². The second kappa shape index (κ2) is 9.51. The van der Waals surface area contributed by atoms with Crippen molar-refractivity contribution in [1.82, 2.24) is 29.0 Å². The Labute approximate surface area is 181 Å². The third-order valence-electron chi connectivity index (χ3n) is 5.91. The highest BCUT2D eigenvalue weighted by molar-refractivity contribution is 7.71. The van der Waals surface area contributed by atoms with Crippen LogP contribution in [0.1, 0.15) is 30.0 Å². The molecule has 0 spiro atoms. The molecule has 7 nitrogen and oxygen atoms in total. The number of piperazine rings is 1. The minimum Gasteiger partial charge on any atom is -0.342 e. The maximum Gasteiger partial charge on any atom is 0.236 e. The fraction of sp³-hybridized carbons (Fsp3) is 0.650. The number of hydrogen-bond acceptors (Lipinski definition) is 6. The Morgan fingerprint density at radius 3 is 2.52 bits per heavy atom. The van der Waals surface area contributed by atoms with Crippen LogP contribution in [-0.2, 0) is 24.9 Å². The molecule has 0 unspecified atom stereocenters. The van der Waals surface area contributed by atoms with Crippen molar-refractivity contribution in [3.63, 3.8) is 0 Å². The van der Waals surface area contributed by atoms with Crippen molar-refractivity contribution in [1.29, 1.82) is 0 Å². The largest absolute Gasteiger partial charge is 0.342 e. The molecule has 0 bridgehead atoms. The van der Waals surface area contributed by atoms with E-state index < -0.39 is 0 Å². The standard InChI is InChI=1S/C20H30N6OS2/c1-22-18(14-17-6-5-13-29-17)21-26(20(22)28)16-24-11-9-23(10-12-24)15-19(27)25-7-3-2-4-8-25/h5-6,13H,2-4,7-12,14-16H2,1H3. The Bertz CT molecular complexity index is 860. The first-order valence-electron chi connectivity index (χ1n) is 10.5. The molecule has 2 aliphatic heterocycles. The topological polar surface area (TPSA) is 49.5 Å². The molecule has 2 aromatic heterocycles. The predicted octanol–water partition coefficient (Wildman–Crippen LogP) is 2.19. The summed E-state index contributed by atoms with van der Waals surface area (Å²) in [6.07, 6.45) is 4.38. The molecule has 0 aliphatic carbocycles. The molecule has 2 aliphatic rings. The van der Waals surface area contributed by atoms with Gasteiger partial charge in [0.1, 0.15) is 5.82 Å². The first-order chi connectivity index (χ1) is 14.1. The van der Waals surface area contributed by atoms with Gasteiger partial charge in [0.05, 0.1) is 13.2 Å². The van der Waals surface area contributed by atoms with E-state index in [0.29, 0.717) is 19.1 Å². The average molecular weight is 435 g/mol. The minimum absolute atomic E-state index is 0.295. The van der Waals surface area contributed by atoms with E-state index in [1.807, 2.05) is 21.2 Å². The van der Waals surface area contributed by atoms with E-state index in [1.54, 1.807) is 11.3 Å². The van der Waals surface area contributed by atoms with Crippen LogP contribution in [0.2, 0.25) is 0 Å². The van der Waals surface area contributed by atoms with Gasteiger partial charge in [0.25, 0.3) is 0 Å². The number of thiophene rings is 1. The van der Waals surface area contributed by atoms with E-state index in [1.165, 1.54) is 11.3 Å². The second-order valence-electron chi connectivity index (χ2n) is 7.99. The summed E-state index contributed by atoms with van der Waals surface area (Å²) >= 11 is 7.36. The molecule has 0 aromatic carbocycles. The van der Waals surface area contributed by atoms with Crippen LogP contribution in [0.15, 0.2) is 17.5 Å². The lowest BCUT2D eigenvalue weighted by Gasteiger charge is -2.35. The highest BCUT2D eigenvalue weighted by Gasteiger charge is 2.23. The Morgan fingerprint density at radius 1 is 1.10 bits per heavy atom. The molecule has 2 saturated heterocycles. The fourth-order valence-electron chi connectivity index (χ4n) is 4.06. The van der Waals surface area contributed by atoms with Gasteiger partial charge < -0.3 is 9.47 Å². The van der Waals surface area contributed by atoms with Crippen LogP contribution < -0.4 is 0 Å². The number of aromatic nitrogens is 3. The molecular formula is C20H30N6OS2. The summed E-state index contributed by atoms with van der Waals surface area (Å²) in [6, 6.07) is 4.21. The number of hydrogen-bond donors (Lipinski definition) is 0. The van der Waals surface area contributed by atoms with Crippen LogP contribution in [0.4, 0.5) is 0 Å². The van der Waals surface area contributed by atoms with Crippen LogP contribution >= 0.6 is 23.6 Å². The molecule has 0 radical (unpaired) electrons. The summed E-state index contributed by atoms with van der Waals surface area (Å²) in [5.74, 6) is 1.30. The maximum absolute atomic E-state index is 12.5. The normalized spacial score (nSPS) is 19.0. The zero-order valence-corrected chi connectivity index (χ0v) is 18.8. The highest BCUT2D eigenvalue weighted by atomic mass is 32.1. The average Bonchev–Trinajstić information content (AvgIpc) is 3.35. The fourth-order valence-corrected chi connectivity index (χ4v) is 4.97. The van der Waals surface area contributed by atoms with Crippen LogP contribution in [0.25, 0.3) is 0 Å². The van der Waals surface area contributed by atoms with E-state index in [9.17, 15) is 4.79 Å². The number of carbonyl (C=O) groups excluding carboxylic acids is 1. The molecule has 2 aromatic rings. The maximum atomic E-state index is 12.5. The molecule has 4 heterocycles. The van der Waals surface area contributed by atoms with Gasteiger partial charge in [0, 0.05) is 57.6 Å². The molecule has 1 amide bonds. The second-order valence-corrected chi connectivity index (χ2v) is 9.39. The molecule has 9 heteroatoms. The summed E-state index contributed by atoms with van der Waals surface area (Å²) in [5.41, 5.74) is 0. The Kier molecular flexibility index (Phi) is 6.79. The molecule has 0 saturated carbocycles. The zero-order chi connectivity index (χ0) is 20.2. The van der Waals surface area contributed by atoms with Crippen LogP contribution in [0, 0.1) is 4.77 Å². The monoisotopic (exact) mass is 434 g/mol. The smallest absolute Gasteiger partial charge is 0.236 e. The SMILES string of the molecule is Cn1c(Cc2cccs2)nn(CN2CCN(CC(=O)N3CCCCC3)CC2)c1=S. The molecule has 4 rings (SSSR count). The van der Waals surface area contributed by atoms with Crippen molar-refractivity contribution in [2.75, 3.05) is 45.8 Å². The number of nitrogens with zero attached hydrogens (tertiary/aromatic N) is 6. The number of amides is 1. The number of piperidine rings is 1. The van der Waals surface area contributed by atoms with Gasteiger partial charge in [0.15, 0.2) is 4.77 Å². The molecule has 0 atom stereocenters. The predicted molar refractivity (Wildman–Crippen MR) is 118 cm³/mol. The van der Waals surface area contributed by atoms with E-state index in [4.69, 9.17) is 17.3 Å². The summed E-state index contributed by atoms with van der Waals surface area (Å²) in [6.45, 7) is 6.85. The quantitative estimate of drug-likeness (QED) is 0.653. The summed E-state index contributed by atoms with van der Waals surface area (Å²) in [4.78, 5) is 20.5. The van der Waals surface area contributed by atoms with Crippen molar-refractivity contribution in [3.05, 3.63) is 33.0 Å². The van der Waals surface area contributed by atoms with E-state index >= 15 is 0 Å². The Hall–Kier alpha value is -1.55. The zero-order valence-electron chi connectivity index (χ0n) is 17.1. The van der Waals surface area contributed by atoms with Gasteiger partial charge in [-0.25, -0.2) is 4.68 Å². The van der Waals surface area contributed by atoms with Gasteiger partial charge in [-0.15, -0.1) is 11.3 Å². The van der Waals surface area contributed by atoms with E-state index in [2.05, 4.69) is 27.3 Å². The summed E-state index contributed by atoms with van der Waals surface area (Å²) in [7, 11) is 2.00. The van der Waals surface area contributed by atoms with Crippen molar-refractivity contribution < 1.29 is 4.79 Å². The van der Waals surface area contributed by atoms with Crippen molar-refractivity contribution in [3.8, 4) is 0 Å². The van der Waals surface area contributed by atoms with Crippen molar-refractivity contribution in [2.45, 2.75) is 32.4 Å². The van der Waals surface area contributed by atoms with Crippen LogP contribution in [0.5, 0.6) is 0 Å². The van der Waals surface area contributed by atoms with E-state index in [0.717, 1.165) is 69.1 Å². The lowest BCUT2D eigenvalue weighted by atomic mass is 10.1. The molecule has 29 heavy (non-hydrogen) atoms. The minimum atomic E-state index is 0.295. The lowest BCUT2D eigenvalue weighted by Crippen LogP contribution is -2.50. The first kappa shape index (κ1) is 20.7.